The average Bonchev–Trinajstić information content (AvgIpc) is 2.73. The largest absolute Gasteiger partial charge is 0.479 e. The highest BCUT2D eigenvalue weighted by atomic mass is 32.1. The molecule has 0 unspecified atom stereocenters. The third kappa shape index (κ3) is 1.63. The van der Waals surface area contributed by atoms with Crippen LogP contribution in [-0.2, 0) is 4.74 Å². The fourth-order valence-electron chi connectivity index (χ4n) is 1.15. The monoisotopic (exact) mass is 224 g/mol. The minimum Gasteiger partial charge on any atom is -0.479 e. The zero-order valence-electron chi connectivity index (χ0n) is 8.18. The van der Waals surface area contributed by atoms with Gasteiger partial charge in [-0.3, -0.25) is 0 Å². The number of methoxy groups -OCH3 is 2. The van der Waals surface area contributed by atoms with Crippen LogP contribution in [0.25, 0.3) is 10.3 Å². The van der Waals surface area contributed by atoms with E-state index < -0.39 is 5.97 Å². The highest BCUT2D eigenvalue weighted by molar-refractivity contribution is 7.16. The first-order chi connectivity index (χ1) is 7.26. The summed E-state index contributed by atoms with van der Waals surface area (Å²) in [6.45, 7) is 0. The van der Waals surface area contributed by atoms with Crippen LogP contribution in [0, 0.1) is 0 Å². The summed E-state index contributed by atoms with van der Waals surface area (Å²) in [6.07, 6.45) is 0. The molecule has 2 heterocycles. The number of esters is 1. The van der Waals surface area contributed by atoms with E-state index in [1.54, 1.807) is 6.07 Å². The Morgan fingerprint density at radius 2 is 2.20 bits per heavy atom. The summed E-state index contributed by atoms with van der Waals surface area (Å²) in [4.78, 5) is 20.4. The van der Waals surface area contributed by atoms with Crippen LogP contribution < -0.4 is 4.74 Å². The minimum absolute atomic E-state index is 0.103. The fourth-order valence-corrected chi connectivity index (χ4v) is 1.84. The number of carbonyl (C=O) groups is 1. The lowest BCUT2D eigenvalue weighted by Crippen LogP contribution is -2.08. The molecule has 0 radical (unpaired) electrons. The molecule has 0 saturated heterocycles. The quantitative estimate of drug-likeness (QED) is 0.723. The summed E-state index contributed by atoms with van der Waals surface area (Å²) in [5.41, 5.74) is 0.770. The second-order valence-electron chi connectivity index (χ2n) is 2.68. The summed E-state index contributed by atoms with van der Waals surface area (Å²) in [5, 5.41) is 1.85. The standard InChI is InChI=1S/C9H8N2O3S/c1-13-7-6(9(12)14-2)10-5-3-4-15-8(5)11-7/h3-4H,1-2H3. The van der Waals surface area contributed by atoms with Gasteiger partial charge >= 0.3 is 5.97 Å². The fraction of sp³-hybridized carbons (Fsp3) is 0.222. The Kier molecular flexibility index (Phi) is 2.51. The molecule has 0 aromatic carbocycles. The van der Waals surface area contributed by atoms with Crippen molar-refractivity contribution >= 4 is 27.7 Å². The van der Waals surface area contributed by atoms with Crippen molar-refractivity contribution in [1.82, 2.24) is 9.97 Å². The topological polar surface area (TPSA) is 61.3 Å². The molecule has 0 bridgehead atoms. The Labute approximate surface area is 89.7 Å². The molecule has 2 aromatic heterocycles. The van der Waals surface area contributed by atoms with E-state index in [0.717, 1.165) is 4.83 Å². The number of carbonyl (C=O) groups excluding carboxylic acids is 1. The van der Waals surface area contributed by atoms with Crippen molar-refractivity contribution in [1.29, 1.82) is 0 Å². The summed E-state index contributed by atoms with van der Waals surface area (Å²) in [5.74, 6) is -0.357. The van der Waals surface area contributed by atoms with Gasteiger partial charge in [-0.1, -0.05) is 0 Å². The number of ether oxygens (including phenoxy) is 2. The first-order valence-electron chi connectivity index (χ1n) is 4.14. The van der Waals surface area contributed by atoms with Crippen molar-refractivity contribution < 1.29 is 14.3 Å². The predicted octanol–water partition coefficient (Wildman–Crippen LogP) is 1.49. The predicted molar refractivity (Wildman–Crippen MR) is 55.3 cm³/mol. The second-order valence-corrected chi connectivity index (χ2v) is 3.58. The SMILES string of the molecule is COC(=O)c1nc2ccsc2nc1OC. The maximum atomic E-state index is 11.4. The number of fused-ring (bicyclic) bond motifs is 1. The van der Waals surface area contributed by atoms with Crippen LogP contribution in [0.4, 0.5) is 0 Å². The molecule has 0 aliphatic carbocycles. The summed E-state index contributed by atoms with van der Waals surface area (Å²) in [6, 6.07) is 1.79. The molecule has 15 heavy (non-hydrogen) atoms. The molecule has 0 amide bonds. The minimum atomic E-state index is -0.549. The highest BCUT2D eigenvalue weighted by Crippen LogP contribution is 2.22. The van der Waals surface area contributed by atoms with Crippen LogP contribution in [0.2, 0.25) is 0 Å². The average molecular weight is 224 g/mol. The smallest absolute Gasteiger partial charge is 0.362 e. The first-order valence-corrected chi connectivity index (χ1v) is 5.01. The third-order valence-corrected chi connectivity index (χ3v) is 2.63. The van der Waals surface area contributed by atoms with Crippen molar-refractivity contribution in [3.8, 4) is 5.88 Å². The zero-order chi connectivity index (χ0) is 10.8. The van der Waals surface area contributed by atoms with E-state index in [1.807, 2.05) is 5.38 Å². The van der Waals surface area contributed by atoms with Gasteiger partial charge in [0.1, 0.15) is 10.3 Å². The molecule has 6 heteroatoms. The Bertz CT molecular complexity index is 509. The molecule has 0 aliphatic heterocycles. The molecule has 5 nitrogen and oxygen atoms in total. The van der Waals surface area contributed by atoms with Crippen molar-refractivity contribution in [2.24, 2.45) is 0 Å². The van der Waals surface area contributed by atoms with Gasteiger partial charge in [-0.25, -0.2) is 9.78 Å². The van der Waals surface area contributed by atoms with Gasteiger partial charge in [0.25, 0.3) is 0 Å². The van der Waals surface area contributed by atoms with Crippen LogP contribution in [-0.4, -0.2) is 30.2 Å². The van der Waals surface area contributed by atoms with E-state index >= 15 is 0 Å². The van der Waals surface area contributed by atoms with E-state index in [9.17, 15) is 4.79 Å². The maximum Gasteiger partial charge on any atom is 0.362 e. The summed E-state index contributed by atoms with van der Waals surface area (Å²) in [7, 11) is 2.73. The van der Waals surface area contributed by atoms with Crippen molar-refractivity contribution in [2.45, 2.75) is 0 Å². The molecule has 0 N–H and O–H groups in total. The van der Waals surface area contributed by atoms with Crippen LogP contribution >= 0.6 is 11.3 Å². The van der Waals surface area contributed by atoms with Gasteiger partial charge in [-0.05, 0) is 11.4 Å². The Hall–Kier alpha value is -1.69. The zero-order valence-corrected chi connectivity index (χ0v) is 9.00. The van der Waals surface area contributed by atoms with Crippen LogP contribution in [0.15, 0.2) is 11.4 Å². The molecular formula is C9H8N2O3S. The van der Waals surface area contributed by atoms with Crippen molar-refractivity contribution in [3.05, 3.63) is 17.1 Å². The normalized spacial score (nSPS) is 10.3. The van der Waals surface area contributed by atoms with Crippen LogP contribution in [0.1, 0.15) is 10.5 Å². The molecule has 2 rings (SSSR count). The van der Waals surface area contributed by atoms with Crippen molar-refractivity contribution in [2.75, 3.05) is 14.2 Å². The number of rotatable bonds is 2. The lowest BCUT2D eigenvalue weighted by molar-refractivity contribution is 0.0589. The van der Waals surface area contributed by atoms with Gasteiger partial charge in [0.2, 0.25) is 11.6 Å². The molecule has 2 aromatic rings. The molecular weight excluding hydrogens is 216 g/mol. The van der Waals surface area contributed by atoms with Crippen LogP contribution in [0.3, 0.4) is 0 Å². The molecule has 0 atom stereocenters. The number of hydrogen-bond donors (Lipinski definition) is 0. The van der Waals surface area contributed by atoms with Crippen LogP contribution in [0.5, 0.6) is 5.88 Å². The summed E-state index contributed by atoms with van der Waals surface area (Å²) >= 11 is 1.44. The van der Waals surface area contributed by atoms with E-state index in [-0.39, 0.29) is 11.6 Å². The molecule has 78 valence electrons. The van der Waals surface area contributed by atoms with Gasteiger partial charge in [-0.15, -0.1) is 11.3 Å². The lowest BCUT2D eigenvalue weighted by atomic mass is 10.4. The highest BCUT2D eigenvalue weighted by Gasteiger charge is 2.17. The van der Waals surface area contributed by atoms with Crippen molar-refractivity contribution in [3.63, 3.8) is 0 Å². The Morgan fingerprint density at radius 3 is 2.87 bits per heavy atom. The van der Waals surface area contributed by atoms with Gasteiger partial charge in [-0.2, -0.15) is 4.98 Å². The van der Waals surface area contributed by atoms with E-state index in [4.69, 9.17) is 4.74 Å². The summed E-state index contributed by atoms with van der Waals surface area (Å²) < 4.78 is 9.56. The van der Waals surface area contributed by atoms with E-state index in [0.29, 0.717) is 5.52 Å². The maximum absolute atomic E-state index is 11.4. The first kappa shape index (κ1) is 9.85. The third-order valence-electron chi connectivity index (χ3n) is 1.83. The number of aromatic nitrogens is 2. The molecule has 0 aliphatic rings. The number of thiophene rings is 1. The van der Waals surface area contributed by atoms with Gasteiger partial charge in [0.15, 0.2) is 0 Å². The number of hydrogen-bond acceptors (Lipinski definition) is 6. The van der Waals surface area contributed by atoms with Gasteiger partial charge in [0, 0.05) is 0 Å². The Balaban J connectivity index is 2.64. The van der Waals surface area contributed by atoms with Gasteiger partial charge < -0.3 is 9.47 Å². The Morgan fingerprint density at radius 1 is 1.40 bits per heavy atom. The molecule has 0 saturated carbocycles. The number of nitrogens with zero attached hydrogens (tertiary/aromatic N) is 2. The van der Waals surface area contributed by atoms with E-state index in [1.165, 1.54) is 25.6 Å². The lowest BCUT2D eigenvalue weighted by Gasteiger charge is -2.04. The molecule has 0 spiro atoms. The van der Waals surface area contributed by atoms with E-state index in [2.05, 4.69) is 14.7 Å². The molecule has 0 fully saturated rings. The second kappa shape index (κ2) is 3.82. The van der Waals surface area contributed by atoms with Gasteiger partial charge in [0.05, 0.1) is 14.2 Å².